The van der Waals surface area contributed by atoms with Crippen molar-refractivity contribution >= 4 is 0 Å². The number of aliphatic hydroxyl groups excluding tert-OH is 1. The van der Waals surface area contributed by atoms with Gasteiger partial charge in [-0.3, -0.25) is 10.3 Å². The SMILES string of the molecule is OC(CNC(c1cccc(OC(F)(F)F)c1)(c1cccc(OC(F)(F)F)c1)C(F)c1ccccn1)CC(F)F. The Bertz CT molecular complexity index is 1150. The molecule has 14 heteroatoms. The van der Waals surface area contributed by atoms with Gasteiger partial charge in [0.15, 0.2) is 6.17 Å². The molecule has 212 valence electrons. The van der Waals surface area contributed by atoms with Crippen molar-refractivity contribution < 1.29 is 54.1 Å². The van der Waals surface area contributed by atoms with Gasteiger partial charge in [0.1, 0.15) is 17.0 Å². The normalized spacial score (nSPS) is 14.2. The number of aliphatic hydroxyl groups is 1. The Kier molecular flexibility index (Phi) is 9.33. The van der Waals surface area contributed by atoms with E-state index in [0.717, 1.165) is 48.5 Å². The van der Waals surface area contributed by atoms with Gasteiger partial charge in [0, 0.05) is 19.2 Å². The summed E-state index contributed by atoms with van der Waals surface area (Å²) in [4.78, 5) is 3.91. The summed E-state index contributed by atoms with van der Waals surface area (Å²) < 4.78 is 128. The number of pyridine rings is 1. The Morgan fingerprint density at radius 1 is 0.769 bits per heavy atom. The van der Waals surface area contributed by atoms with Crippen LogP contribution in [0.2, 0.25) is 0 Å². The maximum Gasteiger partial charge on any atom is 0.573 e. The molecule has 3 rings (SSSR count). The molecule has 0 aliphatic carbocycles. The van der Waals surface area contributed by atoms with E-state index >= 15 is 4.39 Å². The van der Waals surface area contributed by atoms with Gasteiger partial charge in [-0.15, -0.1) is 26.3 Å². The Morgan fingerprint density at radius 2 is 1.31 bits per heavy atom. The molecule has 1 heterocycles. The van der Waals surface area contributed by atoms with Gasteiger partial charge in [0.25, 0.3) is 0 Å². The van der Waals surface area contributed by atoms with E-state index in [0.29, 0.717) is 0 Å². The van der Waals surface area contributed by atoms with Crippen molar-refractivity contribution in [3.05, 3.63) is 89.7 Å². The van der Waals surface area contributed by atoms with E-state index in [1.54, 1.807) is 0 Å². The Labute approximate surface area is 216 Å². The van der Waals surface area contributed by atoms with Crippen molar-refractivity contribution in [3.63, 3.8) is 0 Å². The second-order valence-corrected chi connectivity index (χ2v) is 8.24. The van der Waals surface area contributed by atoms with E-state index in [4.69, 9.17) is 0 Å². The third kappa shape index (κ3) is 8.23. The molecule has 1 aromatic heterocycles. The lowest BCUT2D eigenvalue weighted by Gasteiger charge is -2.39. The van der Waals surface area contributed by atoms with Crippen LogP contribution in [0.5, 0.6) is 11.5 Å². The summed E-state index contributed by atoms with van der Waals surface area (Å²) in [5.74, 6) is -1.59. The number of benzene rings is 2. The highest BCUT2D eigenvalue weighted by Gasteiger charge is 2.46. The monoisotopic (exact) mass is 568 g/mol. The maximum atomic E-state index is 16.6. The zero-order valence-corrected chi connectivity index (χ0v) is 19.7. The van der Waals surface area contributed by atoms with Gasteiger partial charge in [-0.25, -0.2) is 13.2 Å². The number of aromatic nitrogens is 1. The molecule has 2 atom stereocenters. The fourth-order valence-electron chi connectivity index (χ4n) is 3.95. The van der Waals surface area contributed by atoms with Crippen LogP contribution in [0.1, 0.15) is 29.4 Å². The van der Waals surface area contributed by atoms with Crippen molar-refractivity contribution in [2.24, 2.45) is 0 Å². The van der Waals surface area contributed by atoms with Crippen molar-refractivity contribution in [1.29, 1.82) is 0 Å². The molecule has 2 aromatic carbocycles. The van der Waals surface area contributed by atoms with Crippen LogP contribution in [0.3, 0.4) is 0 Å². The molecule has 0 aliphatic heterocycles. The fraction of sp³-hybridized carbons (Fsp3) is 0.320. The maximum absolute atomic E-state index is 16.6. The van der Waals surface area contributed by atoms with Gasteiger partial charge < -0.3 is 14.6 Å². The number of nitrogens with zero attached hydrogens (tertiary/aromatic N) is 1. The molecule has 39 heavy (non-hydrogen) atoms. The lowest BCUT2D eigenvalue weighted by Crippen LogP contribution is -2.50. The highest BCUT2D eigenvalue weighted by atomic mass is 19.4. The van der Waals surface area contributed by atoms with Crippen molar-refractivity contribution in [2.45, 2.75) is 43.4 Å². The topological polar surface area (TPSA) is 63.6 Å². The highest BCUT2D eigenvalue weighted by molar-refractivity contribution is 5.47. The average molecular weight is 568 g/mol. The molecule has 2 N–H and O–H groups in total. The number of alkyl halides is 9. The largest absolute Gasteiger partial charge is 0.573 e. The van der Waals surface area contributed by atoms with Gasteiger partial charge in [-0.2, -0.15) is 0 Å². The van der Waals surface area contributed by atoms with E-state index in [1.807, 2.05) is 0 Å². The van der Waals surface area contributed by atoms with Gasteiger partial charge in [0.05, 0.1) is 11.8 Å². The Balaban J connectivity index is 2.26. The molecule has 0 radical (unpaired) electrons. The predicted octanol–water partition coefficient (Wildman–Crippen LogP) is 6.44. The zero-order chi connectivity index (χ0) is 28.8. The number of ether oxygens (including phenoxy) is 2. The molecule has 3 aromatic rings. The van der Waals surface area contributed by atoms with Crippen molar-refractivity contribution in [3.8, 4) is 11.5 Å². The Hall–Kier alpha value is -3.52. The number of hydrogen-bond acceptors (Lipinski definition) is 5. The standard InChI is InChI=1S/C25H21F9N2O3/c26-21(27)13-17(37)14-36-23(22(28)20-9-1-2-10-35-20,15-5-3-7-18(11-15)38-24(29,30)31)16-6-4-8-19(12-16)39-25(32,33)34/h1-12,17,21-22,36-37H,13-14H2. The summed E-state index contributed by atoms with van der Waals surface area (Å²) in [6, 6.07) is 11.9. The van der Waals surface area contributed by atoms with E-state index < -0.39 is 61.4 Å². The first-order valence-corrected chi connectivity index (χ1v) is 11.2. The summed E-state index contributed by atoms with van der Waals surface area (Å²) in [6.07, 6.45) is -17.2. The van der Waals surface area contributed by atoms with Gasteiger partial charge in [0.2, 0.25) is 6.43 Å². The predicted molar refractivity (Wildman–Crippen MR) is 120 cm³/mol. The second kappa shape index (κ2) is 12.1. The zero-order valence-electron chi connectivity index (χ0n) is 19.7. The molecule has 0 saturated heterocycles. The summed E-state index contributed by atoms with van der Waals surface area (Å²) in [5.41, 5.74) is -3.31. The van der Waals surface area contributed by atoms with E-state index in [2.05, 4.69) is 19.8 Å². The Morgan fingerprint density at radius 3 is 1.74 bits per heavy atom. The van der Waals surface area contributed by atoms with Crippen molar-refractivity contribution in [1.82, 2.24) is 10.3 Å². The molecule has 2 unspecified atom stereocenters. The summed E-state index contributed by atoms with van der Waals surface area (Å²) in [6.45, 7) is -0.744. The van der Waals surface area contributed by atoms with Crippen LogP contribution in [0.15, 0.2) is 72.9 Å². The molecule has 0 fully saturated rings. The minimum atomic E-state index is -5.14. The summed E-state index contributed by atoms with van der Waals surface area (Å²) in [5, 5.41) is 12.7. The number of rotatable bonds is 11. The lowest BCUT2D eigenvalue weighted by molar-refractivity contribution is -0.275. The van der Waals surface area contributed by atoms with Crippen molar-refractivity contribution in [2.75, 3.05) is 6.54 Å². The van der Waals surface area contributed by atoms with Crippen LogP contribution < -0.4 is 14.8 Å². The fourth-order valence-corrected chi connectivity index (χ4v) is 3.95. The first-order chi connectivity index (χ1) is 18.2. The lowest BCUT2D eigenvalue weighted by atomic mass is 9.77. The first-order valence-electron chi connectivity index (χ1n) is 11.2. The smallest absolute Gasteiger partial charge is 0.406 e. The first kappa shape index (κ1) is 30.0. The average Bonchev–Trinajstić information content (AvgIpc) is 2.83. The number of hydrogen-bond donors (Lipinski definition) is 2. The van der Waals surface area contributed by atoms with Crippen LogP contribution >= 0.6 is 0 Å². The quantitative estimate of drug-likeness (QED) is 0.261. The van der Waals surface area contributed by atoms with Crippen LogP contribution in [0, 0.1) is 0 Å². The van der Waals surface area contributed by atoms with E-state index in [-0.39, 0.29) is 16.8 Å². The molecule has 0 aliphatic rings. The van der Waals surface area contributed by atoms with Gasteiger partial charge in [-0.05, 0) is 47.5 Å². The summed E-state index contributed by atoms with van der Waals surface area (Å²) >= 11 is 0. The van der Waals surface area contributed by atoms with Crippen LogP contribution in [0.4, 0.5) is 39.5 Å². The van der Waals surface area contributed by atoms with Crippen LogP contribution in [0.25, 0.3) is 0 Å². The highest BCUT2D eigenvalue weighted by Crippen LogP contribution is 2.45. The molecule has 0 bridgehead atoms. The molecular weight excluding hydrogens is 547 g/mol. The second-order valence-electron chi connectivity index (χ2n) is 8.24. The molecule has 0 amide bonds. The molecular formula is C25H21F9N2O3. The van der Waals surface area contributed by atoms with Gasteiger partial charge in [-0.1, -0.05) is 30.3 Å². The van der Waals surface area contributed by atoms with Gasteiger partial charge >= 0.3 is 12.7 Å². The third-order valence-corrected chi connectivity index (χ3v) is 5.44. The molecule has 0 spiro atoms. The summed E-state index contributed by atoms with van der Waals surface area (Å²) in [7, 11) is 0. The third-order valence-electron chi connectivity index (χ3n) is 5.44. The minimum Gasteiger partial charge on any atom is -0.406 e. The molecule has 5 nitrogen and oxygen atoms in total. The number of nitrogens with one attached hydrogen (secondary N) is 1. The molecule has 0 saturated carbocycles. The van der Waals surface area contributed by atoms with E-state index in [9.17, 15) is 40.2 Å². The van der Waals surface area contributed by atoms with Crippen LogP contribution in [-0.2, 0) is 5.54 Å². The van der Waals surface area contributed by atoms with E-state index in [1.165, 1.54) is 24.4 Å². The van der Waals surface area contributed by atoms with Crippen LogP contribution in [-0.4, -0.2) is 41.9 Å². The minimum absolute atomic E-state index is 0.308. The number of halogens is 9.